The first kappa shape index (κ1) is 32.9. The Balaban J connectivity index is 2.11. The van der Waals surface area contributed by atoms with E-state index in [9.17, 15) is 34.9 Å². The number of non-ortho nitro benzene ring substituents is 1. The number of rotatable bonds is 22. The second-order valence-corrected chi connectivity index (χ2v) is 9.52. The highest BCUT2D eigenvalue weighted by atomic mass is 16.6. The number of nitro groups is 2. The molecule has 1 aromatic rings. The van der Waals surface area contributed by atoms with Gasteiger partial charge in [-0.25, -0.2) is 0 Å². The van der Waals surface area contributed by atoms with E-state index in [1.165, 1.54) is 57.8 Å². The molecule has 0 bridgehead atoms. The number of carbonyl (C=O) groups excluding carboxylic acids is 2. The minimum Gasteiger partial charge on any atom is -0.463 e. The molecule has 0 aliphatic heterocycles. The molecule has 1 atom stereocenters. The van der Waals surface area contributed by atoms with E-state index in [4.69, 9.17) is 9.47 Å². The number of hydrogen-bond acceptors (Lipinski definition) is 9. The number of esters is 2. The van der Waals surface area contributed by atoms with Crippen LogP contribution in [0.4, 0.5) is 11.4 Å². The highest BCUT2D eigenvalue weighted by Gasteiger charge is 2.22. The van der Waals surface area contributed by atoms with Crippen molar-refractivity contribution in [2.45, 2.75) is 109 Å². The Bertz CT molecular complexity index is 876. The topological polar surface area (TPSA) is 159 Å². The predicted molar refractivity (Wildman–Crippen MR) is 142 cm³/mol. The standard InChI is InChI=1S/C27H42N2O9/c1-2-3-4-5-6-7-8-9-10-11-12-13-14-15-26(31)37-20-24(30)21-38-27(32)18-22-16-17-23(28(33)34)19-25(22)29(35)36/h16-17,19,24,30H,2-15,18,20-21H2,1H3/t24-/m1/s1. The first-order chi connectivity index (χ1) is 18.2. The van der Waals surface area contributed by atoms with Crippen molar-refractivity contribution in [3.63, 3.8) is 0 Å². The Kier molecular flexibility index (Phi) is 17.3. The Morgan fingerprint density at radius 1 is 0.789 bits per heavy atom. The van der Waals surface area contributed by atoms with Crippen molar-refractivity contribution in [1.29, 1.82) is 0 Å². The number of ether oxygens (including phenoxy) is 2. The predicted octanol–water partition coefficient (Wildman–Crippen LogP) is 5.97. The van der Waals surface area contributed by atoms with E-state index in [1.54, 1.807) is 0 Å². The fourth-order valence-corrected chi connectivity index (χ4v) is 3.98. The van der Waals surface area contributed by atoms with Gasteiger partial charge in [-0.1, -0.05) is 84.0 Å². The summed E-state index contributed by atoms with van der Waals surface area (Å²) >= 11 is 0. The van der Waals surface area contributed by atoms with Crippen LogP contribution in [0.2, 0.25) is 0 Å². The first-order valence-corrected chi connectivity index (χ1v) is 13.7. The maximum atomic E-state index is 12.0. The van der Waals surface area contributed by atoms with Crippen molar-refractivity contribution in [3.05, 3.63) is 44.0 Å². The van der Waals surface area contributed by atoms with Crippen LogP contribution in [0.3, 0.4) is 0 Å². The Morgan fingerprint density at radius 2 is 1.29 bits per heavy atom. The summed E-state index contributed by atoms with van der Waals surface area (Å²) in [6.07, 6.45) is 14.2. The minimum absolute atomic E-state index is 0.0516. The van der Waals surface area contributed by atoms with E-state index in [-0.39, 0.29) is 18.6 Å². The van der Waals surface area contributed by atoms with Gasteiger partial charge in [-0.15, -0.1) is 0 Å². The molecule has 0 saturated carbocycles. The van der Waals surface area contributed by atoms with Crippen molar-refractivity contribution in [1.82, 2.24) is 0 Å². The lowest BCUT2D eigenvalue weighted by molar-refractivity contribution is -0.394. The lowest BCUT2D eigenvalue weighted by Crippen LogP contribution is -2.26. The second kappa shape index (κ2) is 20.0. The van der Waals surface area contributed by atoms with Gasteiger partial charge in [0.1, 0.15) is 19.3 Å². The van der Waals surface area contributed by atoms with Crippen LogP contribution >= 0.6 is 0 Å². The zero-order chi connectivity index (χ0) is 28.2. The lowest BCUT2D eigenvalue weighted by Gasteiger charge is -2.12. The van der Waals surface area contributed by atoms with Gasteiger partial charge in [0.25, 0.3) is 11.4 Å². The summed E-state index contributed by atoms with van der Waals surface area (Å²) in [6, 6.07) is 2.95. The van der Waals surface area contributed by atoms with Gasteiger partial charge >= 0.3 is 11.9 Å². The number of aliphatic hydroxyl groups excluding tert-OH is 1. The molecule has 0 spiro atoms. The molecular weight excluding hydrogens is 496 g/mol. The molecule has 0 aliphatic carbocycles. The average molecular weight is 539 g/mol. The number of benzene rings is 1. The molecule has 1 aromatic carbocycles. The van der Waals surface area contributed by atoms with E-state index >= 15 is 0 Å². The van der Waals surface area contributed by atoms with E-state index in [0.717, 1.165) is 43.9 Å². The summed E-state index contributed by atoms with van der Waals surface area (Å²) in [5, 5.41) is 31.8. The number of nitro benzene ring substituents is 2. The molecular formula is C27H42N2O9. The summed E-state index contributed by atoms with van der Waals surface area (Å²) < 4.78 is 9.91. The van der Waals surface area contributed by atoms with Gasteiger partial charge < -0.3 is 14.6 Å². The maximum absolute atomic E-state index is 12.0. The van der Waals surface area contributed by atoms with Gasteiger partial charge in [-0.2, -0.15) is 0 Å². The third-order valence-corrected chi connectivity index (χ3v) is 6.17. The van der Waals surface area contributed by atoms with Crippen molar-refractivity contribution < 1.29 is 34.0 Å². The van der Waals surface area contributed by atoms with E-state index in [1.807, 2.05) is 0 Å². The van der Waals surface area contributed by atoms with Crippen LogP contribution in [0.1, 0.15) is 102 Å². The zero-order valence-electron chi connectivity index (χ0n) is 22.4. The van der Waals surface area contributed by atoms with Gasteiger partial charge in [0.2, 0.25) is 0 Å². The molecule has 0 heterocycles. The van der Waals surface area contributed by atoms with E-state index in [0.29, 0.717) is 0 Å². The third kappa shape index (κ3) is 15.2. The number of aliphatic hydroxyl groups is 1. The smallest absolute Gasteiger partial charge is 0.310 e. The summed E-state index contributed by atoms with van der Waals surface area (Å²) in [4.78, 5) is 44.2. The Labute approximate surface area is 224 Å². The molecule has 11 nitrogen and oxygen atoms in total. The average Bonchev–Trinajstić information content (AvgIpc) is 2.88. The van der Waals surface area contributed by atoms with Gasteiger partial charge in [0.15, 0.2) is 0 Å². The lowest BCUT2D eigenvalue weighted by atomic mass is 10.0. The molecule has 0 unspecified atom stereocenters. The van der Waals surface area contributed by atoms with Crippen molar-refractivity contribution >= 4 is 23.3 Å². The molecule has 0 radical (unpaired) electrons. The van der Waals surface area contributed by atoms with Crippen LogP contribution in [0.25, 0.3) is 0 Å². The van der Waals surface area contributed by atoms with Gasteiger partial charge in [0.05, 0.1) is 22.3 Å². The summed E-state index contributed by atoms with van der Waals surface area (Å²) in [5.41, 5.74) is -1.09. The normalized spacial score (nSPS) is 11.6. The van der Waals surface area contributed by atoms with Crippen molar-refractivity contribution in [2.24, 2.45) is 0 Å². The van der Waals surface area contributed by atoms with Crippen LogP contribution < -0.4 is 0 Å². The molecule has 0 fully saturated rings. The largest absolute Gasteiger partial charge is 0.463 e. The van der Waals surface area contributed by atoms with Gasteiger partial charge in [-0.3, -0.25) is 29.8 Å². The highest BCUT2D eigenvalue weighted by molar-refractivity contribution is 5.74. The molecule has 1 rings (SSSR count). The van der Waals surface area contributed by atoms with Crippen LogP contribution in [-0.4, -0.2) is 46.2 Å². The zero-order valence-corrected chi connectivity index (χ0v) is 22.4. The first-order valence-electron chi connectivity index (χ1n) is 13.7. The number of hydrogen-bond donors (Lipinski definition) is 1. The van der Waals surface area contributed by atoms with Crippen molar-refractivity contribution in [3.8, 4) is 0 Å². The van der Waals surface area contributed by atoms with Crippen molar-refractivity contribution in [2.75, 3.05) is 13.2 Å². The van der Waals surface area contributed by atoms with Gasteiger partial charge in [-0.05, 0) is 12.5 Å². The van der Waals surface area contributed by atoms with Crippen LogP contribution in [0.5, 0.6) is 0 Å². The summed E-state index contributed by atoms with van der Waals surface area (Å²) in [5.74, 6) is -1.29. The Morgan fingerprint density at radius 3 is 1.79 bits per heavy atom. The molecule has 0 saturated heterocycles. The maximum Gasteiger partial charge on any atom is 0.310 e. The van der Waals surface area contributed by atoms with E-state index < -0.39 is 52.3 Å². The number of nitrogens with zero attached hydrogens (tertiary/aromatic N) is 2. The number of carbonyl (C=O) groups is 2. The van der Waals surface area contributed by atoms with Crippen LogP contribution in [0, 0.1) is 20.2 Å². The molecule has 214 valence electrons. The molecule has 0 amide bonds. The molecule has 1 N–H and O–H groups in total. The third-order valence-electron chi connectivity index (χ3n) is 6.17. The fourth-order valence-electron chi connectivity index (χ4n) is 3.98. The molecule has 0 aromatic heterocycles. The SMILES string of the molecule is CCCCCCCCCCCCCCCC(=O)OC[C@@H](O)COC(=O)Cc1ccc([N+](=O)[O-])cc1[N+](=O)[O-]. The second-order valence-electron chi connectivity index (χ2n) is 9.52. The highest BCUT2D eigenvalue weighted by Crippen LogP contribution is 2.25. The summed E-state index contributed by atoms with van der Waals surface area (Å²) in [6.45, 7) is 1.44. The van der Waals surface area contributed by atoms with Crippen LogP contribution in [0.15, 0.2) is 18.2 Å². The van der Waals surface area contributed by atoms with E-state index in [2.05, 4.69) is 6.92 Å². The molecule has 38 heavy (non-hydrogen) atoms. The van der Waals surface area contributed by atoms with Crippen LogP contribution in [-0.2, 0) is 25.5 Å². The molecule has 0 aliphatic rings. The van der Waals surface area contributed by atoms with Gasteiger partial charge in [0, 0.05) is 18.1 Å². The minimum atomic E-state index is -1.23. The monoisotopic (exact) mass is 538 g/mol. The number of unbranched alkanes of at least 4 members (excludes halogenated alkanes) is 12. The quantitative estimate of drug-likeness (QED) is 0.0811. The summed E-state index contributed by atoms with van der Waals surface area (Å²) in [7, 11) is 0. The molecule has 11 heteroatoms. The fraction of sp³-hybridized carbons (Fsp3) is 0.704. The Hall–Kier alpha value is -3.08.